The number of nitrogen functional groups attached to an aromatic ring is 1. The van der Waals surface area contributed by atoms with Crippen LogP contribution in [0.4, 0.5) is 11.5 Å². The van der Waals surface area contributed by atoms with E-state index in [0.29, 0.717) is 5.82 Å². The Hall–Kier alpha value is -1.91. The van der Waals surface area contributed by atoms with E-state index in [-0.39, 0.29) is 0 Å². The molecule has 3 N–H and O–H groups in total. The van der Waals surface area contributed by atoms with Gasteiger partial charge in [-0.15, -0.1) is 0 Å². The quantitative estimate of drug-likeness (QED) is 0.767. The minimum atomic E-state index is 0.580. The fraction of sp³-hybridized carbons (Fsp3) is 0.222. The fourth-order valence-electron chi connectivity index (χ4n) is 1.34. The van der Waals surface area contributed by atoms with Crippen LogP contribution < -0.4 is 10.6 Å². The number of hydrogen-bond donors (Lipinski definition) is 2. The molecule has 2 rings (SSSR count). The van der Waals surface area contributed by atoms with E-state index < -0.39 is 0 Å². The summed E-state index contributed by atoms with van der Waals surface area (Å²) >= 11 is 0. The zero-order valence-corrected chi connectivity index (χ0v) is 7.90. The van der Waals surface area contributed by atoms with E-state index >= 15 is 0 Å². The van der Waals surface area contributed by atoms with Gasteiger partial charge in [-0.25, -0.2) is 0 Å². The van der Waals surface area contributed by atoms with Gasteiger partial charge in [-0.05, 0) is 6.07 Å². The molecule has 0 fully saturated rings. The molecule has 2 heterocycles. The molecule has 0 aliphatic heterocycles. The molecule has 0 atom stereocenters. The number of aromatic amines is 1. The highest BCUT2D eigenvalue weighted by Crippen LogP contribution is 2.19. The van der Waals surface area contributed by atoms with E-state index in [1.165, 1.54) is 0 Å². The molecule has 0 bridgehead atoms. The van der Waals surface area contributed by atoms with Crippen LogP contribution in [0, 0.1) is 0 Å². The van der Waals surface area contributed by atoms with Gasteiger partial charge >= 0.3 is 0 Å². The van der Waals surface area contributed by atoms with Gasteiger partial charge in [0.05, 0.1) is 24.4 Å². The fourth-order valence-corrected chi connectivity index (χ4v) is 1.34. The van der Waals surface area contributed by atoms with Crippen LogP contribution in [0.25, 0.3) is 0 Å². The molecule has 74 valence electrons. The van der Waals surface area contributed by atoms with Gasteiger partial charge in [-0.3, -0.25) is 5.10 Å². The van der Waals surface area contributed by atoms with Crippen molar-refractivity contribution in [3.05, 3.63) is 30.4 Å². The van der Waals surface area contributed by atoms with E-state index in [1.54, 1.807) is 18.7 Å². The first kappa shape index (κ1) is 8.68. The van der Waals surface area contributed by atoms with Crippen molar-refractivity contribution >= 4 is 11.5 Å². The number of H-pyrrole nitrogens is 1. The highest BCUT2D eigenvalue weighted by Gasteiger charge is 2.07. The second kappa shape index (κ2) is 3.45. The third-order valence-corrected chi connectivity index (χ3v) is 2.06. The second-order valence-electron chi connectivity index (χ2n) is 3.16. The zero-order valence-electron chi connectivity index (χ0n) is 7.90. The Balaban J connectivity index is 2.10. The Morgan fingerprint density at radius 3 is 3.07 bits per heavy atom. The van der Waals surface area contributed by atoms with Crippen LogP contribution in [-0.2, 0) is 6.54 Å². The molecule has 5 heteroatoms. The van der Waals surface area contributed by atoms with Gasteiger partial charge in [-0.2, -0.15) is 5.10 Å². The maximum absolute atomic E-state index is 5.69. The summed E-state index contributed by atoms with van der Waals surface area (Å²) < 4.78 is 4.98. The van der Waals surface area contributed by atoms with Crippen molar-refractivity contribution in [3.8, 4) is 0 Å². The number of aromatic nitrogens is 2. The van der Waals surface area contributed by atoms with Crippen molar-refractivity contribution in [1.29, 1.82) is 0 Å². The normalized spacial score (nSPS) is 10.4. The molecule has 0 aliphatic carbocycles. The molecular formula is C9H12N4O. The summed E-state index contributed by atoms with van der Waals surface area (Å²) in [5.41, 5.74) is 7.69. The van der Waals surface area contributed by atoms with Gasteiger partial charge in [0, 0.05) is 19.2 Å². The molecule has 0 aromatic carbocycles. The van der Waals surface area contributed by atoms with E-state index in [0.717, 1.165) is 17.8 Å². The Morgan fingerprint density at radius 2 is 2.50 bits per heavy atom. The van der Waals surface area contributed by atoms with E-state index in [1.807, 2.05) is 18.0 Å². The standard InChI is InChI=1S/C9H12N4O/c1-13(5-7-2-3-14-6-7)8-4-11-12-9(8)10/h2-4,6H,5H2,1H3,(H3,10,11,12). The summed E-state index contributed by atoms with van der Waals surface area (Å²) in [4.78, 5) is 2.00. The van der Waals surface area contributed by atoms with Crippen molar-refractivity contribution in [2.45, 2.75) is 6.54 Å². The van der Waals surface area contributed by atoms with Crippen LogP contribution in [0.1, 0.15) is 5.56 Å². The Morgan fingerprint density at radius 1 is 1.64 bits per heavy atom. The SMILES string of the molecule is CN(Cc1ccoc1)c1cn[nH]c1N. The number of hydrogen-bond acceptors (Lipinski definition) is 4. The van der Waals surface area contributed by atoms with Gasteiger partial charge < -0.3 is 15.1 Å². The molecule has 0 aliphatic rings. The summed E-state index contributed by atoms with van der Waals surface area (Å²) in [5.74, 6) is 0.580. The van der Waals surface area contributed by atoms with Crippen LogP contribution in [0.2, 0.25) is 0 Å². The van der Waals surface area contributed by atoms with Crippen LogP contribution >= 0.6 is 0 Å². The van der Waals surface area contributed by atoms with Crippen LogP contribution in [0.15, 0.2) is 29.2 Å². The molecule has 2 aromatic heterocycles. The van der Waals surface area contributed by atoms with Gasteiger partial charge in [0.2, 0.25) is 0 Å². The molecule has 0 amide bonds. The van der Waals surface area contributed by atoms with Crippen LogP contribution in [0.3, 0.4) is 0 Å². The summed E-state index contributed by atoms with van der Waals surface area (Å²) in [6, 6.07) is 1.92. The van der Waals surface area contributed by atoms with Crippen molar-refractivity contribution in [3.63, 3.8) is 0 Å². The minimum absolute atomic E-state index is 0.580. The Labute approximate surface area is 81.5 Å². The topological polar surface area (TPSA) is 71.1 Å². The predicted molar refractivity (Wildman–Crippen MR) is 53.8 cm³/mol. The lowest BCUT2D eigenvalue weighted by atomic mass is 10.3. The van der Waals surface area contributed by atoms with Gasteiger partial charge in [0.1, 0.15) is 5.82 Å². The summed E-state index contributed by atoms with van der Waals surface area (Å²) in [6.45, 7) is 0.750. The maximum atomic E-state index is 5.69. The first-order valence-corrected chi connectivity index (χ1v) is 4.28. The monoisotopic (exact) mass is 192 g/mol. The third-order valence-electron chi connectivity index (χ3n) is 2.06. The summed E-state index contributed by atoms with van der Waals surface area (Å²) in [6.07, 6.45) is 5.07. The lowest BCUT2D eigenvalue weighted by Crippen LogP contribution is -2.16. The molecule has 2 aromatic rings. The average Bonchev–Trinajstić information content (AvgIpc) is 2.75. The molecule has 0 radical (unpaired) electrons. The number of nitrogens with one attached hydrogen (secondary N) is 1. The first-order valence-electron chi connectivity index (χ1n) is 4.28. The van der Waals surface area contributed by atoms with Gasteiger partial charge in [0.25, 0.3) is 0 Å². The van der Waals surface area contributed by atoms with Gasteiger partial charge in [0.15, 0.2) is 0 Å². The third kappa shape index (κ3) is 1.56. The van der Waals surface area contributed by atoms with E-state index in [2.05, 4.69) is 10.2 Å². The average molecular weight is 192 g/mol. The zero-order chi connectivity index (χ0) is 9.97. The largest absolute Gasteiger partial charge is 0.472 e. The van der Waals surface area contributed by atoms with Crippen molar-refractivity contribution in [1.82, 2.24) is 10.2 Å². The predicted octanol–water partition coefficient (Wildman–Crippen LogP) is 1.22. The lowest BCUT2D eigenvalue weighted by molar-refractivity contribution is 0.563. The maximum Gasteiger partial charge on any atom is 0.142 e. The number of furan rings is 1. The molecule has 5 nitrogen and oxygen atoms in total. The smallest absolute Gasteiger partial charge is 0.142 e. The van der Waals surface area contributed by atoms with E-state index in [4.69, 9.17) is 10.2 Å². The van der Waals surface area contributed by atoms with Crippen molar-refractivity contribution in [2.75, 3.05) is 17.7 Å². The van der Waals surface area contributed by atoms with E-state index in [9.17, 15) is 0 Å². The molecule has 0 unspecified atom stereocenters. The molecule has 0 saturated carbocycles. The van der Waals surface area contributed by atoms with Gasteiger partial charge in [-0.1, -0.05) is 0 Å². The molecule has 14 heavy (non-hydrogen) atoms. The highest BCUT2D eigenvalue weighted by atomic mass is 16.3. The highest BCUT2D eigenvalue weighted by molar-refractivity contribution is 5.61. The first-order chi connectivity index (χ1) is 6.77. The summed E-state index contributed by atoms with van der Waals surface area (Å²) in [7, 11) is 1.95. The summed E-state index contributed by atoms with van der Waals surface area (Å²) in [5, 5.41) is 6.55. The Bertz CT molecular complexity index is 393. The number of rotatable bonds is 3. The minimum Gasteiger partial charge on any atom is -0.472 e. The Kier molecular flexibility index (Phi) is 2.14. The van der Waals surface area contributed by atoms with Crippen molar-refractivity contribution < 1.29 is 4.42 Å². The van der Waals surface area contributed by atoms with Crippen molar-refractivity contribution in [2.24, 2.45) is 0 Å². The second-order valence-corrected chi connectivity index (χ2v) is 3.16. The molecule has 0 spiro atoms. The molecule has 0 saturated heterocycles. The number of nitrogens with two attached hydrogens (primary N) is 1. The molecular weight excluding hydrogens is 180 g/mol. The number of nitrogens with zero attached hydrogens (tertiary/aromatic N) is 2. The van der Waals surface area contributed by atoms with Crippen LogP contribution in [0.5, 0.6) is 0 Å². The number of anilines is 2. The lowest BCUT2D eigenvalue weighted by Gasteiger charge is -2.16. The van der Waals surface area contributed by atoms with Crippen LogP contribution in [-0.4, -0.2) is 17.2 Å².